The Kier molecular flexibility index (Phi) is 3.34. The van der Waals surface area contributed by atoms with Crippen molar-refractivity contribution in [1.29, 1.82) is 0 Å². The molecule has 21 heavy (non-hydrogen) atoms. The lowest BCUT2D eigenvalue weighted by Crippen LogP contribution is -2.70. The number of carbonyl (C=O) groups excluding carboxylic acids is 2. The third-order valence-electron chi connectivity index (χ3n) is 5.86. The molecule has 0 aromatic rings. The summed E-state index contributed by atoms with van der Waals surface area (Å²) in [6, 6.07) is -0.292. The molecule has 2 saturated carbocycles. The number of amides is 2. The van der Waals surface area contributed by atoms with Crippen molar-refractivity contribution in [3.63, 3.8) is 0 Å². The Labute approximate surface area is 127 Å². The first kappa shape index (κ1) is 14.9. The number of nitrogens with zero attached hydrogens (tertiary/aromatic N) is 1. The molecular weight excluding hydrogens is 264 g/mol. The Morgan fingerprint density at radius 1 is 1.24 bits per heavy atom. The largest absolute Gasteiger partial charge is 0.340 e. The van der Waals surface area contributed by atoms with Crippen LogP contribution in [-0.2, 0) is 9.59 Å². The molecule has 2 aliphatic carbocycles. The van der Waals surface area contributed by atoms with E-state index in [1.165, 1.54) is 0 Å². The van der Waals surface area contributed by atoms with Crippen molar-refractivity contribution < 1.29 is 9.59 Å². The summed E-state index contributed by atoms with van der Waals surface area (Å²) in [5.41, 5.74) is -0.250. The van der Waals surface area contributed by atoms with Gasteiger partial charge in [-0.3, -0.25) is 9.59 Å². The molecule has 3 fully saturated rings. The maximum Gasteiger partial charge on any atom is 0.249 e. The number of carbonyl (C=O) groups is 2. The second-order valence-electron chi connectivity index (χ2n) is 8.31. The van der Waals surface area contributed by atoms with Crippen LogP contribution in [0.4, 0.5) is 0 Å². The van der Waals surface area contributed by atoms with Crippen molar-refractivity contribution in [2.45, 2.75) is 71.4 Å². The maximum atomic E-state index is 13.1. The molecule has 1 heterocycles. The first-order valence-electron chi connectivity index (χ1n) is 8.40. The number of rotatable bonds is 3. The maximum absolute atomic E-state index is 13.1. The molecular formula is C17H28N2O2. The van der Waals surface area contributed by atoms with E-state index in [2.05, 4.69) is 19.2 Å². The van der Waals surface area contributed by atoms with Crippen LogP contribution in [0.3, 0.4) is 0 Å². The average Bonchev–Trinajstić information content (AvgIpc) is 2.79. The molecule has 1 saturated heterocycles. The third kappa shape index (κ3) is 2.36. The van der Waals surface area contributed by atoms with Gasteiger partial charge in [0.15, 0.2) is 0 Å². The monoisotopic (exact) mass is 292 g/mol. The summed E-state index contributed by atoms with van der Waals surface area (Å²) in [6.45, 7) is 9.33. The Hall–Kier alpha value is -1.06. The molecule has 3 aliphatic rings. The molecule has 3 rings (SSSR count). The highest BCUT2D eigenvalue weighted by atomic mass is 16.2. The van der Waals surface area contributed by atoms with Crippen molar-refractivity contribution in [1.82, 2.24) is 10.2 Å². The molecule has 2 amide bonds. The highest BCUT2D eigenvalue weighted by Crippen LogP contribution is 2.52. The highest BCUT2D eigenvalue weighted by Gasteiger charge is 2.55. The zero-order valence-electron chi connectivity index (χ0n) is 13.7. The molecule has 118 valence electrons. The van der Waals surface area contributed by atoms with Gasteiger partial charge in [-0.15, -0.1) is 0 Å². The van der Waals surface area contributed by atoms with Gasteiger partial charge in [0, 0.05) is 6.54 Å². The van der Waals surface area contributed by atoms with E-state index in [1.54, 1.807) is 0 Å². The second kappa shape index (κ2) is 4.72. The van der Waals surface area contributed by atoms with Gasteiger partial charge >= 0.3 is 0 Å². The van der Waals surface area contributed by atoms with Crippen LogP contribution >= 0.6 is 0 Å². The van der Waals surface area contributed by atoms with Crippen LogP contribution in [0.2, 0.25) is 0 Å². The van der Waals surface area contributed by atoms with E-state index >= 15 is 0 Å². The van der Waals surface area contributed by atoms with Crippen LogP contribution in [-0.4, -0.2) is 34.8 Å². The summed E-state index contributed by atoms with van der Waals surface area (Å²) in [5.74, 6) is 0.951. The van der Waals surface area contributed by atoms with Gasteiger partial charge in [0.1, 0.15) is 11.6 Å². The minimum atomic E-state index is -0.582. The molecule has 4 nitrogen and oxygen atoms in total. The molecule has 0 bridgehead atoms. The first-order valence-corrected chi connectivity index (χ1v) is 8.40. The van der Waals surface area contributed by atoms with Gasteiger partial charge in [0.05, 0.1) is 0 Å². The molecule has 0 radical (unpaired) electrons. The van der Waals surface area contributed by atoms with Crippen molar-refractivity contribution in [3.8, 4) is 0 Å². The van der Waals surface area contributed by atoms with Crippen LogP contribution in [0.25, 0.3) is 0 Å². The lowest BCUT2D eigenvalue weighted by molar-refractivity contribution is -0.157. The predicted molar refractivity (Wildman–Crippen MR) is 81.6 cm³/mol. The van der Waals surface area contributed by atoms with Crippen LogP contribution < -0.4 is 5.32 Å². The standard InChI is InChI=1S/C17H28N2O2/c1-11(2)13-14(20)18-17(7-5-6-8-17)15(21)19(13)10-12-9-16(12,3)4/h11-13H,5-10H2,1-4H3,(H,18,20). The summed E-state index contributed by atoms with van der Waals surface area (Å²) in [6.07, 6.45) is 4.87. The Morgan fingerprint density at radius 3 is 2.29 bits per heavy atom. The van der Waals surface area contributed by atoms with Crippen molar-refractivity contribution in [2.24, 2.45) is 17.3 Å². The van der Waals surface area contributed by atoms with Gasteiger partial charge in [0.25, 0.3) is 0 Å². The van der Waals surface area contributed by atoms with Gasteiger partial charge in [-0.25, -0.2) is 0 Å². The molecule has 0 aromatic heterocycles. The fourth-order valence-electron chi connectivity index (χ4n) is 4.21. The lowest BCUT2D eigenvalue weighted by Gasteiger charge is -2.46. The second-order valence-corrected chi connectivity index (χ2v) is 8.31. The third-order valence-corrected chi connectivity index (χ3v) is 5.86. The van der Waals surface area contributed by atoms with Gasteiger partial charge in [-0.1, -0.05) is 40.5 Å². The van der Waals surface area contributed by atoms with Crippen LogP contribution in [0.15, 0.2) is 0 Å². The summed E-state index contributed by atoms with van der Waals surface area (Å²) in [4.78, 5) is 27.6. The van der Waals surface area contributed by atoms with Crippen LogP contribution in [0.1, 0.15) is 59.8 Å². The molecule has 1 spiro atoms. The van der Waals surface area contributed by atoms with E-state index in [-0.39, 0.29) is 23.8 Å². The summed E-state index contributed by atoms with van der Waals surface area (Å²) < 4.78 is 0. The van der Waals surface area contributed by atoms with E-state index in [0.29, 0.717) is 11.3 Å². The average molecular weight is 292 g/mol. The van der Waals surface area contributed by atoms with Crippen LogP contribution in [0, 0.1) is 17.3 Å². The molecule has 2 atom stereocenters. The number of piperazine rings is 1. The van der Waals surface area contributed by atoms with Gasteiger partial charge in [0.2, 0.25) is 11.8 Å². The highest BCUT2D eigenvalue weighted by molar-refractivity contribution is 6.00. The predicted octanol–water partition coefficient (Wildman–Crippen LogP) is 2.33. The fourth-order valence-corrected chi connectivity index (χ4v) is 4.21. The van der Waals surface area contributed by atoms with E-state index < -0.39 is 5.54 Å². The fraction of sp³-hybridized carbons (Fsp3) is 0.882. The van der Waals surface area contributed by atoms with Gasteiger partial charge < -0.3 is 10.2 Å². The molecule has 0 aromatic carbocycles. The SMILES string of the molecule is CC(C)C1C(=O)NC2(CCCC2)C(=O)N1CC1CC1(C)C. The number of hydrogen-bond acceptors (Lipinski definition) is 2. The zero-order chi connectivity index (χ0) is 15.4. The van der Waals surface area contributed by atoms with Crippen LogP contribution in [0.5, 0.6) is 0 Å². The van der Waals surface area contributed by atoms with E-state index in [9.17, 15) is 9.59 Å². The van der Waals surface area contributed by atoms with E-state index in [4.69, 9.17) is 0 Å². The number of nitrogens with one attached hydrogen (secondary N) is 1. The van der Waals surface area contributed by atoms with Gasteiger partial charge in [-0.2, -0.15) is 0 Å². The Bertz CT molecular complexity index is 463. The summed E-state index contributed by atoms with van der Waals surface area (Å²) >= 11 is 0. The zero-order valence-corrected chi connectivity index (χ0v) is 13.7. The topological polar surface area (TPSA) is 49.4 Å². The van der Waals surface area contributed by atoms with Crippen molar-refractivity contribution >= 4 is 11.8 Å². The van der Waals surface area contributed by atoms with E-state index in [1.807, 2.05) is 18.7 Å². The molecule has 1 N–H and O–H groups in total. The van der Waals surface area contributed by atoms with Gasteiger partial charge in [-0.05, 0) is 36.5 Å². The molecule has 1 aliphatic heterocycles. The first-order chi connectivity index (χ1) is 9.77. The molecule has 2 unspecified atom stereocenters. The quantitative estimate of drug-likeness (QED) is 0.868. The normalized spacial score (nSPS) is 33.7. The Balaban J connectivity index is 1.86. The number of hydrogen-bond donors (Lipinski definition) is 1. The molecule has 4 heteroatoms. The van der Waals surface area contributed by atoms with E-state index in [0.717, 1.165) is 38.6 Å². The minimum absolute atomic E-state index is 0.0601. The van der Waals surface area contributed by atoms with Crippen molar-refractivity contribution in [3.05, 3.63) is 0 Å². The summed E-state index contributed by atoms with van der Waals surface area (Å²) in [5, 5.41) is 3.09. The smallest absolute Gasteiger partial charge is 0.249 e. The lowest BCUT2D eigenvalue weighted by atomic mass is 9.87. The van der Waals surface area contributed by atoms with Crippen molar-refractivity contribution in [2.75, 3.05) is 6.54 Å². The minimum Gasteiger partial charge on any atom is -0.340 e. The Morgan fingerprint density at radius 2 is 1.81 bits per heavy atom. The summed E-state index contributed by atoms with van der Waals surface area (Å²) in [7, 11) is 0.